The lowest BCUT2D eigenvalue weighted by atomic mass is 10.3. The molecular weight excluding hydrogens is 190 g/mol. The molecule has 0 aliphatic heterocycles. The number of amides is 1. The fraction of sp³-hybridized carbons (Fsp3) is 0.500. The van der Waals surface area contributed by atoms with Gasteiger partial charge in [-0.25, -0.2) is 4.98 Å². The number of imidazole rings is 1. The maximum atomic E-state index is 11.2. The molecule has 1 amide bonds. The maximum Gasteiger partial charge on any atom is 0.238 e. The molecule has 2 unspecified atom stereocenters. The van der Waals surface area contributed by atoms with Crippen molar-refractivity contribution in [3.05, 3.63) is 18.2 Å². The van der Waals surface area contributed by atoms with Crippen LogP contribution in [0.3, 0.4) is 0 Å². The molecule has 2 N–H and O–H groups in total. The van der Waals surface area contributed by atoms with Gasteiger partial charge in [-0.1, -0.05) is 0 Å². The summed E-state index contributed by atoms with van der Waals surface area (Å²) in [5.74, 6) is 0.538. The van der Waals surface area contributed by atoms with E-state index in [1.807, 2.05) is 6.92 Å². The van der Waals surface area contributed by atoms with Gasteiger partial charge >= 0.3 is 0 Å². The van der Waals surface area contributed by atoms with Crippen molar-refractivity contribution in [2.75, 3.05) is 0 Å². The molecule has 0 radical (unpaired) electrons. The molecule has 72 valence electrons. The number of halogens is 1. The second-order valence-corrected chi connectivity index (χ2v) is 3.48. The van der Waals surface area contributed by atoms with Crippen LogP contribution in [0.4, 0.5) is 0 Å². The quantitative estimate of drug-likeness (QED) is 0.723. The van der Waals surface area contributed by atoms with Gasteiger partial charge in [0.15, 0.2) is 0 Å². The lowest BCUT2D eigenvalue weighted by Gasteiger charge is -2.12. The van der Waals surface area contributed by atoms with E-state index in [0.29, 0.717) is 0 Å². The van der Waals surface area contributed by atoms with Crippen LogP contribution < -0.4 is 5.32 Å². The molecule has 2 atom stereocenters. The summed E-state index contributed by atoms with van der Waals surface area (Å²) in [4.78, 5) is 18.1. The molecule has 0 bridgehead atoms. The fourth-order valence-corrected chi connectivity index (χ4v) is 0.974. The summed E-state index contributed by atoms with van der Waals surface area (Å²) in [6, 6.07) is -0.135. The van der Waals surface area contributed by atoms with Crippen LogP contribution in [0.5, 0.6) is 0 Å². The van der Waals surface area contributed by atoms with Gasteiger partial charge in [0, 0.05) is 12.4 Å². The standard InChI is InChI=1S/C8H12ClN3O/c1-5(9)8(13)12-6(2)7-10-3-4-11-7/h3-6H,1-2H3,(H,10,11)(H,12,13). The minimum absolute atomic E-state index is 0.135. The molecule has 0 aliphatic rings. The molecular formula is C8H12ClN3O. The van der Waals surface area contributed by atoms with Crippen LogP contribution in [0.1, 0.15) is 25.7 Å². The van der Waals surface area contributed by atoms with Gasteiger partial charge in [-0.05, 0) is 13.8 Å². The van der Waals surface area contributed by atoms with Crippen LogP contribution in [0.2, 0.25) is 0 Å². The van der Waals surface area contributed by atoms with E-state index in [1.54, 1.807) is 19.3 Å². The van der Waals surface area contributed by atoms with Crippen LogP contribution >= 0.6 is 11.6 Å². The Labute approximate surface area is 81.7 Å². The molecule has 1 aromatic rings. The number of aromatic amines is 1. The predicted octanol–water partition coefficient (Wildman–Crippen LogP) is 1.21. The number of rotatable bonds is 3. The van der Waals surface area contributed by atoms with E-state index < -0.39 is 5.38 Å². The summed E-state index contributed by atoms with van der Waals surface area (Å²) >= 11 is 5.59. The molecule has 1 heterocycles. The van der Waals surface area contributed by atoms with E-state index in [-0.39, 0.29) is 11.9 Å². The summed E-state index contributed by atoms with van der Waals surface area (Å²) in [6.45, 7) is 3.47. The van der Waals surface area contributed by atoms with Gasteiger partial charge in [-0.2, -0.15) is 0 Å². The zero-order valence-electron chi connectivity index (χ0n) is 7.54. The molecule has 13 heavy (non-hydrogen) atoms. The van der Waals surface area contributed by atoms with Crippen molar-refractivity contribution in [1.29, 1.82) is 0 Å². The zero-order valence-corrected chi connectivity index (χ0v) is 8.30. The van der Waals surface area contributed by atoms with Crippen molar-refractivity contribution in [1.82, 2.24) is 15.3 Å². The number of aromatic nitrogens is 2. The second-order valence-electron chi connectivity index (χ2n) is 2.82. The second kappa shape index (κ2) is 4.28. The van der Waals surface area contributed by atoms with E-state index >= 15 is 0 Å². The van der Waals surface area contributed by atoms with E-state index in [9.17, 15) is 4.79 Å². The Hall–Kier alpha value is -1.03. The van der Waals surface area contributed by atoms with Gasteiger partial charge in [-0.3, -0.25) is 4.79 Å². The Morgan fingerprint density at radius 3 is 2.85 bits per heavy atom. The predicted molar refractivity (Wildman–Crippen MR) is 50.5 cm³/mol. The first-order valence-electron chi connectivity index (χ1n) is 4.05. The fourth-order valence-electron chi connectivity index (χ4n) is 0.911. The van der Waals surface area contributed by atoms with E-state index in [0.717, 1.165) is 5.82 Å². The molecule has 1 aromatic heterocycles. The highest BCUT2D eigenvalue weighted by Gasteiger charge is 2.14. The van der Waals surface area contributed by atoms with Gasteiger partial charge in [0.25, 0.3) is 0 Å². The number of nitrogens with zero attached hydrogens (tertiary/aromatic N) is 1. The summed E-state index contributed by atoms with van der Waals surface area (Å²) in [6.07, 6.45) is 3.35. The van der Waals surface area contributed by atoms with Gasteiger partial charge < -0.3 is 10.3 Å². The lowest BCUT2D eigenvalue weighted by molar-refractivity contribution is -0.121. The van der Waals surface area contributed by atoms with Gasteiger partial charge in [0.05, 0.1) is 6.04 Å². The number of carbonyl (C=O) groups is 1. The van der Waals surface area contributed by atoms with Gasteiger partial charge in [-0.15, -0.1) is 11.6 Å². The summed E-state index contributed by atoms with van der Waals surface area (Å²) in [7, 11) is 0. The van der Waals surface area contributed by atoms with Crippen molar-refractivity contribution in [3.8, 4) is 0 Å². The van der Waals surface area contributed by atoms with Crippen molar-refractivity contribution < 1.29 is 4.79 Å². The zero-order chi connectivity index (χ0) is 9.84. The van der Waals surface area contributed by atoms with Gasteiger partial charge in [0.2, 0.25) is 5.91 Å². The first-order chi connectivity index (χ1) is 6.11. The number of carbonyl (C=O) groups excluding carboxylic acids is 1. The smallest absolute Gasteiger partial charge is 0.238 e. The third kappa shape index (κ3) is 2.73. The Bertz CT molecular complexity index is 271. The van der Waals surface area contributed by atoms with Crippen LogP contribution in [-0.4, -0.2) is 21.3 Å². The van der Waals surface area contributed by atoms with Crippen LogP contribution in [0.15, 0.2) is 12.4 Å². The highest BCUT2D eigenvalue weighted by atomic mass is 35.5. The number of hydrogen-bond acceptors (Lipinski definition) is 2. The highest BCUT2D eigenvalue weighted by Crippen LogP contribution is 2.06. The molecule has 0 aromatic carbocycles. The third-order valence-corrected chi connectivity index (χ3v) is 1.85. The monoisotopic (exact) mass is 201 g/mol. The summed E-state index contributed by atoms with van der Waals surface area (Å²) in [5, 5.41) is 2.20. The minimum Gasteiger partial charge on any atom is -0.347 e. The van der Waals surface area contributed by atoms with Crippen LogP contribution in [0, 0.1) is 0 Å². The first-order valence-corrected chi connectivity index (χ1v) is 4.48. The Balaban J connectivity index is 2.51. The number of hydrogen-bond donors (Lipinski definition) is 2. The van der Waals surface area contributed by atoms with E-state index in [1.165, 1.54) is 0 Å². The topological polar surface area (TPSA) is 57.8 Å². The first kappa shape index (κ1) is 10.1. The Morgan fingerprint density at radius 1 is 1.69 bits per heavy atom. The molecule has 0 aliphatic carbocycles. The third-order valence-electron chi connectivity index (χ3n) is 1.65. The molecule has 1 rings (SSSR count). The molecule has 0 saturated carbocycles. The maximum absolute atomic E-state index is 11.2. The lowest BCUT2D eigenvalue weighted by Crippen LogP contribution is -2.32. The molecule has 5 heteroatoms. The SMILES string of the molecule is CC(Cl)C(=O)NC(C)c1ncc[nH]1. The normalized spacial score (nSPS) is 15.0. The number of alkyl halides is 1. The van der Waals surface area contributed by atoms with Crippen molar-refractivity contribution in [2.24, 2.45) is 0 Å². The molecule has 4 nitrogen and oxygen atoms in total. The Kier molecular flexibility index (Phi) is 3.31. The van der Waals surface area contributed by atoms with Crippen LogP contribution in [-0.2, 0) is 4.79 Å². The van der Waals surface area contributed by atoms with Crippen molar-refractivity contribution in [2.45, 2.75) is 25.3 Å². The van der Waals surface area contributed by atoms with E-state index in [4.69, 9.17) is 11.6 Å². The van der Waals surface area contributed by atoms with Gasteiger partial charge in [0.1, 0.15) is 11.2 Å². The van der Waals surface area contributed by atoms with Crippen molar-refractivity contribution in [3.63, 3.8) is 0 Å². The van der Waals surface area contributed by atoms with E-state index in [2.05, 4.69) is 15.3 Å². The molecule has 0 saturated heterocycles. The van der Waals surface area contributed by atoms with Crippen molar-refractivity contribution >= 4 is 17.5 Å². The average Bonchev–Trinajstić information content (AvgIpc) is 2.55. The highest BCUT2D eigenvalue weighted by molar-refractivity contribution is 6.30. The average molecular weight is 202 g/mol. The molecule has 0 spiro atoms. The summed E-state index contributed by atoms with van der Waals surface area (Å²) in [5.41, 5.74) is 0. The molecule has 0 fully saturated rings. The Morgan fingerprint density at radius 2 is 2.38 bits per heavy atom. The summed E-state index contributed by atoms with van der Waals surface area (Å²) < 4.78 is 0. The van der Waals surface area contributed by atoms with Crippen LogP contribution in [0.25, 0.3) is 0 Å². The number of nitrogens with one attached hydrogen (secondary N) is 2. The minimum atomic E-state index is -0.516. The largest absolute Gasteiger partial charge is 0.347 e. The number of H-pyrrole nitrogens is 1.